The minimum atomic E-state index is -0.494. The molecule has 7 nitrogen and oxygen atoms in total. The van der Waals surface area contributed by atoms with Crippen molar-refractivity contribution in [1.82, 2.24) is 0 Å². The van der Waals surface area contributed by atoms with E-state index in [0.717, 1.165) is 5.56 Å². The van der Waals surface area contributed by atoms with E-state index in [4.69, 9.17) is 28.4 Å². The molecule has 0 radical (unpaired) electrons. The molecule has 0 amide bonds. The third kappa shape index (κ3) is 5.70. The number of esters is 1. The van der Waals surface area contributed by atoms with E-state index >= 15 is 0 Å². The Kier molecular flexibility index (Phi) is 8.62. The molecular weight excluding hydrogens is 388 g/mol. The van der Waals surface area contributed by atoms with E-state index in [0.29, 0.717) is 34.3 Å². The quantitative estimate of drug-likeness (QED) is 0.430. The molecule has 30 heavy (non-hydrogen) atoms. The molecule has 7 heteroatoms. The summed E-state index contributed by atoms with van der Waals surface area (Å²) in [6, 6.07) is 8.89. The number of rotatable bonds is 10. The van der Waals surface area contributed by atoms with Crippen LogP contribution < -0.4 is 23.7 Å². The van der Waals surface area contributed by atoms with Gasteiger partial charge >= 0.3 is 5.97 Å². The Morgan fingerprint density at radius 1 is 0.767 bits per heavy atom. The smallest absolute Gasteiger partial charge is 0.331 e. The van der Waals surface area contributed by atoms with Crippen molar-refractivity contribution in [2.75, 3.05) is 42.2 Å². The molecule has 0 N–H and O–H groups in total. The largest absolute Gasteiger partial charge is 0.496 e. The van der Waals surface area contributed by atoms with Gasteiger partial charge in [0.15, 0.2) is 11.5 Å². The Balaban J connectivity index is 2.03. The summed E-state index contributed by atoms with van der Waals surface area (Å²) in [4.78, 5) is 12.0. The molecule has 0 spiro atoms. The van der Waals surface area contributed by atoms with Gasteiger partial charge < -0.3 is 28.4 Å². The van der Waals surface area contributed by atoms with Gasteiger partial charge in [-0.25, -0.2) is 4.79 Å². The van der Waals surface area contributed by atoms with Gasteiger partial charge in [0.2, 0.25) is 0 Å². The van der Waals surface area contributed by atoms with Crippen molar-refractivity contribution in [3.8, 4) is 28.7 Å². The summed E-state index contributed by atoms with van der Waals surface area (Å²) in [6.07, 6.45) is 6.41. The van der Waals surface area contributed by atoms with Gasteiger partial charge in [-0.15, -0.1) is 0 Å². The minimum Gasteiger partial charge on any atom is -0.496 e. The second kappa shape index (κ2) is 11.4. The molecule has 160 valence electrons. The van der Waals surface area contributed by atoms with Crippen LogP contribution in [0, 0.1) is 0 Å². The lowest BCUT2D eigenvalue weighted by Gasteiger charge is -2.12. The zero-order valence-electron chi connectivity index (χ0n) is 17.8. The fraction of sp³-hybridized carbons (Fsp3) is 0.261. The lowest BCUT2D eigenvalue weighted by Crippen LogP contribution is -2.00. The fourth-order valence-electron chi connectivity index (χ4n) is 2.73. The number of hydrogen-bond donors (Lipinski definition) is 0. The van der Waals surface area contributed by atoms with Crippen molar-refractivity contribution >= 4 is 18.1 Å². The highest BCUT2D eigenvalue weighted by Crippen LogP contribution is 2.35. The molecule has 0 bridgehead atoms. The average molecular weight is 414 g/mol. The van der Waals surface area contributed by atoms with Crippen LogP contribution in [0.4, 0.5) is 0 Å². The second-order valence-corrected chi connectivity index (χ2v) is 5.89. The molecule has 0 heterocycles. The number of benzene rings is 2. The molecule has 2 rings (SSSR count). The van der Waals surface area contributed by atoms with Crippen molar-refractivity contribution in [2.45, 2.75) is 0 Å². The van der Waals surface area contributed by atoms with Crippen LogP contribution in [-0.4, -0.2) is 48.1 Å². The van der Waals surface area contributed by atoms with Gasteiger partial charge in [-0.3, -0.25) is 0 Å². The molecule has 0 aliphatic rings. The second-order valence-electron chi connectivity index (χ2n) is 5.89. The van der Waals surface area contributed by atoms with Crippen LogP contribution >= 0.6 is 0 Å². The van der Waals surface area contributed by atoms with Crippen LogP contribution in [0.5, 0.6) is 28.7 Å². The zero-order chi connectivity index (χ0) is 21.9. The molecule has 0 unspecified atom stereocenters. The first kappa shape index (κ1) is 22.7. The fourth-order valence-corrected chi connectivity index (χ4v) is 2.73. The van der Waals surface area contributed by atoms with Crippen LogP contribution in [0.15, 0.2) is 42.5 Å². The SMILES string of the molecule is COc1cc(OC)c(OC)cc1/C=C/COC(=O)/C=C/c1c(OC)cccc1OC. The predicted octanol–water partition coefficient (Wildman–Crippen LogP) is 4.00. The van der Waals surface area contributed by atoms with Crippen molar-refractivity contribution in [3.05, 3.63) is 53.6 Å². The van der Waals surface area contributed by atoms with Crippen LogP contribution in [0.25, 0.3) is 12.2 Å². The van der Waals surface area contributed by atoms with E-state index in [1.165, 1.54) is 6.08 Å². The van der Waals surface area contributed by atoms with E-state index in [9.17, 15) is 4.79 Å². The topological polar surface area (TPSA) is 72.5 Å². The summed E-state index contributed by atoms with van der Waals surface area (Å²) in [5.74, 6) is 2.45. The number of carbonyl (C=O) groups excluding carboxylic acids is 1. The summed E-state index contributed by atoms with van der Waals surface area (Å²) in [5.41, 5.74) is 1.42. The van der Waals surface area contributed by atoms with Crippen LogP contribution in [0.2, 0.25) is 0 Å². The van der Waals surface area contributed by atoms with E-state index < -0.39 is 5.97 Å². The van der Waals surface area contributed by atoms with Crippen molar-refractivity contribution in [1.29, 1.82) is 0 Å². The van der Waals surface area contributed by atoms with E-state index in [-0.39, 0.29) is 6.61 Å². The highest BCUT2D eigenvalue weighted by molar-refractivity contribution is 5.88. The Bertz CT molecular complexity index is 894. The first-order chi connectivity index (χ1) is 14.6. The molecule has 2 aromatic carbocycles. The van der Waals surface area contributed by atoms with Crippen molar-refractivity contribution in [3.63, 3.8) is 0 Å². The molecule has 0 saturated carbocycles. The van der Waals surface area contributed by atoms with Gasteiger partial charge in [0.05, 0.1) is 41.1 Å². The summed E-state index contributed by atoms with van der Waals surface area (Å²) in [6.45, 7) is 0.0870. The Morgan fingerprint density at radius 2 is 1.33 bits per heavy atom. The Hall–Kier alpha value is -3.61. The third-order valence-corrected chi connectivity index (χ3v) is 4.21. The number of carbonyl (C=O) groups is 1. The van der Waals surface area contributed by atoms with Crippen molar-refractivity contribution < 1.29 is 33.2 Å². The maximum Gasteiger partial charge on any atom is 0.331 e. The molecule has 0 atom stereocenters. The van der Waals surface area contributed by atoms with Gasteiger partial charge in [0.1, 0.15) is 23.9 Å². The molecular formula is C23H26O7. The summed E-state index contributed by atoms with van der Waals surface area (Å²) >= 11 is 0. The van der Waals surface area contributed by atoms with Gasteiger partial charge in [-0.2, -0.15) is 0 Å². The lowest BCUT2D eigenvalue weighted by molar-refractivity contribution is -0.136. The summed E-state index contributed by atoms with van der Waals surface area (Å²) in [7, 11) is 7.79. The maximum atomic E-state index is 12.0. The lowest BCUT2D eigenvalue weighted by atomic mass is 10.1. The zero-order valence-corrected chi connectivity index (χ0v) is 17.8. The Morgan fingerprint density at radius 3 is 1.90 bits per heavy atom. The number of hydrogen-bond acceptors (Lipinski definition) is 7. The highest BCUT2D eigenvalue weighted by Gasteiger charge is 2.10. The van der Waals surface area contributed by atoms with E-state index in [2.05, 4.69) is 0 Å². The van der Waals surface area contributed by atoms with Gasteiger partial charge in [0, 0.05) is 17.7 Å². The molecule has 0 aliphatic carbocycles. The number of methoxy groups -OCH3 is 5. The maximum absolute atomic E-state index is 12.0. The Labute approximate surface area is 176 Å². The summed E-state index contributed by atoms with van der Waals surface area (Å²) in [5, 5.41) is 0. The van der Waals surface area contributed by atoms with E-state index in [1.54, 1.807) is 84.1 Å². The third-order valence-electron chi connectivity index (χ3n) is 4.21. The van der Waals surface area contributed by atoms with Gasteiger partial charge in [-0.05, 0) is 30.4 Å². The van der Waals surface area contributed by atoms with Crippen LogP contribution in [0.3, 0.4) is 0 Å². The molecule has 0 aromatic heterocycles. The molecule has 2 aromatic rings. The molecule has 0 saturated heterocycles. The first-order valence-electron chi connectivity index (χ1n) is 9.10. The van der Waals surface area contributed by atoms with Crippen LogP contribution in [0.1, 0.15) is 11.1 Å². The monoisotopic (exact) mass is 414 g/mol. The summed E-state index contributed by atoms with van der Waals surface area (Å²) < 4.78 is 31.7. The van der Waals surface area contributed by atoms with Crippen molar-refractivity contribution in [2.24, 2.45) is 0 Å². The standard InChI is InChI=1S/C23H26O7/c1-25-18-9-6-10-19(26-2)17(18)11-12-23(24)30-13-7-8-16-14-21(28-4)22(29-5)15-20(16)27-3/h6-12,14-15H,13H2,1-5H3/b8-7+,12-11+. The minimum absolute atomic E-state index is 0.0870. The number of ether oxygens (including phenoxy) is 6. The van der Waals surface area contributed by atoms with E-state index in [1.807, 2.05) is 0 Å². The van der Waals surface area contributed by atoms with Gasteiger partial charge in [0.25, 0.3) is 0 Å². The molecule has 0 aliphatic heterocycles. The normalized spacial score (nSPS) is 10.8. The predicted molar refractivity (Wildman–Crippen MR) is 115 cm³/mol. The molecule has 0 fully saturated rings. The van der Waals surface area contributed by atoms with Gasteiger partial charge in [-0.1, -0.05) is 12.1 Å². The highest BCUT2D eigenvalue weighted by atomic mass is 16.5. The first-order valence-corrected chi connectivity index (χ1v) is 9.10. The average Bonchev–Trinajstić information content (AvgIpc) is 2.79. The van der Waals surface area contributed by atoms with Crippen LogP contribution in [-0.2, 0) is 9.53 Å².